The summed E-state index contributed by atoms with van der Waals surface area (Å²) in [5, 5.41) is -0.0744. The summed E-state index contributed by atoms with van der Waals surface area (Å²) in [6, 6.07) is 4.22. The highest BCUT2D eigenvalue weighted by atomic mass is 35.5. The second-order valence-electron chi connectivity index (χ2n) is 14.2. The van der Waals surface area contributed by atoms with Gasteiger partial charge in [0.1, 0.15) is 10.0 Å². The molecule has 2 N–H and O–H groups in total. The predicted octanol–water partition coefficient (Wildman–Crippen LogP) is 9.43. The van der Waals surface area contributed by atoms with E-state index >= 15 is 0 Å². The van der Waals surface area contributed by atoms with E-state index in [2.05, 4.69) is 11.6 Å². The number of hydrogen-bond acceptors (Lipinski definition) is 10. The van der Waals surface area contributed by atoms with Gasteiger partial charge < -0.3 is 9.64 Å². The SMILES string of the molecule is C=C1N=C(/C=C/C=C/C=C2/N(CCCS(=O)(=O)O)c3ccc(S(=O)(=O)O)cc3C2(C)C)C(C)(C)/C1=C/C(=C\C)C(=O)N(C)OCC(=O)Oc1c(Cl)c(Cl)c(Cl)c(Cl)c1Cl. The highest BCUT2D eigenvalue weighted by Crippen LogP contribution is 2.50. The Morgan fingerprint density at radius 1 is 0.932 bits per heavy atom. The number of ether oxygens (including phenoxy) is 1. The van der Waals surface area contributed by atoms with Gasteiger partial charge in [-0.2, -0.15) is 16.8 Å². The maximum absolute atomic E-state index is 13.4. The number of allylic oxidation sites excluding steroid dienone is 8. The maximum Gasteiger partial charge on any atom is 0.340 e. The van der Waals surface area contributed by atoms with Crippen LogP contribution in [0.2, 0.25) is 25.1 Å². The maximum atomic E-state index is 13.4. The van der Waals surface area contributed by atoms with Crippen LogP contribution in [-0.4, -0.2) is 74.5 Å². The van der Waals surface area contributed by atoms with Crippen molar-refractivity contribution in [3.05, 3.63) is 121 Å². The van der Waals surface area contributed by atoms with Crippen molar-refractivity contribution in [1.82, 2.24) is 5.06 Å². The van der Waals surface area contributed by atoms with Crippen LogP contribution in [0.25, 0.3) is 0 Å². The number of fused-ring (bicyclic) bond motifs is 1. The normalized spacial score (nSPS) is 18.1. The van der Waals surface area contributed by atoms with Crippen molar-refractivity contribution >= 4 is 102 Å². The molecule has 20 heteroatoms. The molecule has 2 aliphatic heterocycles. The molecule has 1 amide bonds. The second kappa shape index (κ2) is 18.6. The third-order valence-corrected chi connectivity index (χ3v) is 13.4. The molecule has 318 valence electrons. The Balaban J connectivity index is 1.48. The Bertz CT molecular complexity index is 2480. The fourth-order valence-corrected chi connectivity index (χ4v) is 8.50. The average Bonchev–Trinajstić information content (AvgIpc) is 3.49. The molecule has 0 aromatic heterocycles. The van der Waals surface area contributed by atoms with E-state index < -0.39 is 55.3 Å². The van der Waals surface area contributed by atoms with Crippen LogP contribution in [0.4, 0.5) is 5.69 Å². The van der Waals surface area contributed by atoms with Crippen molar-refractivity contribution in [2.45, 2.75) is 51.3 Å². The first-order chi connectivity index (χ1) is 27.2. The van der Waals surface area contributed by atoms with E-state index in [9.17, 15) is 35.5 Å². The lowest BCUT2D eigenvalue weighted by molar-refractivity contribution is -0.181. The molecular weight excluding hydrogens is 912 g/mol. The van der Waals surface area contributed by atoms with E-state index in [4.69, 9.17) is 67.6 Å². The minimum Gasteiger partial charge on any atom is -0.421 e. The number of hydroxylamine groups is 2. The van der Waals surface area contributed by atoms with Crippen LogP contribution in [0.3, 0.4) is 0 Å². The van der Waals surface area contributed by atoms with Gasteiger partial charge in [0.25, 0.3) is 26.1 Å². The summed E-state index contributed by atoms with van der Waals surface area (Å²) in [6.45, 7) is 12.8. The number of halogens is 5. The topological polar surface area (TPSA) is 180 Å². The van der Waals surface area contributed by atoms with Crippen LogP contribution in [0.1, 0.15) is 46.6 Å². The van der Waals surface area contributed by atoms with Crippen molar-refractivity contribution in [2.75, 3.05) is 30.9 Å². The summed E-state index contributed by atoms with van der Waals surface area (Å²) in [7, 11) is -7.38. The summed E-state index contributed by atoms with van der Waals surface area (Å²) in [4.78, 5) is 37.6. The monoisotopic (exact) mass is 949 g/mol. The highest BCUT2D eigenvalue weighted by molar-refractivity contribution is 7.86. The average molecular weight is 952 g/mol. The van der Waals surface area contributed by atoms with E-state index in [1.54, 1.807) is 49.4 Å². The van der Waals surface area contributed by atoms with Crippen LogP contribution < -0.4 is 9.64 Å². The Hall–Kier alpha value is -3.48. The fourth-order valence-electron chi connectivity index (χ4n) is 6.30. The smallest absolute Gasteiger partial charge is 0.340 e. The largest absolute Gasteiger partial charge is 0.421 e. The first-order valence-corrected chi connectivity index (χ1v) is 22.4. The van der Waals surface area contributed by atoms with Crippen LogP contribution in [0.15, 0.2) is 99.7 Å². The zero-order valence-electron chi connectivity index (χ0n) is 32.5. The fraction of sp³-hybridized carbons (Fsp3) is 0.308. The van der Waals surface area contributed by atoms with Gasteiger partial charge in [-0.25, -0.2) is 9.86 Å². The van der Waals surface area contributed by atoms with Crippen LogP contribution >= 0.6 is 58.0 Å². The molecular formula is C39H40Cl5N3O10S2. The number of rotatable bonds is 14. The molecule has 0 bridgehead atoms. The van der Waals surface area contributed by atoms with Gasteiger partial charge in [-0.1, -0.05) is 117 Å². The van der Waals surface area contributed by atoms with Gasteiger partial charge in [0.2, 0.25) is 0 Å². The molecule has 0 radical (unpaired) electrons. The lowest BCUT2D eigenvalue weighted by Crippen LogP contribution is -2.31. The number of aliphatic imine (C=N–C) groups is 1. The van der Waals surface area contributed by atoms with E-state index in [1.165, 1.54) is 19.2 Å². The molecule has 0 atom stereocenters. The third-order valence-electron chi connectivity index (χ3n) is 9.46. The quantitative estimate of drug-likeness (QED) is 0.0269. The lowest BCUT2D eigenvalue weighted by Gasteiger charge is -2.27. The number of esters is 1. The summed E-state index contributed by atoms with van der Waals surface area (Å²) >= 11 is 30.3. The van der Waals surface area contributed by atoms with Crippen molar-refractivity contribution < 1.29 is 45.1 Å². The van der Waals surface area contributed by atoms with Crippen molar-refractivity contribution in [3.63, 3.8) is 0 Å². The summed E-state index contributed by atoms with van der Waals surface area (Å²) < 4.78 is 70.9. The summed E-state index contributed by atoms with van der Waals surface area (Å²) in [6.07, 6.45) is 12.2. The molecule has 2 aliphatic rings. The lowest BCUT2D eigenvalue weighted by atomic mass is 9.80. The van der Waals surface area contributed by atoms with E-state index in [0.29, 0.717) is 28.2 Å². The molecule has 0 saturated carbocycles. The molecule has 0 fully saturated rings. The number of hydrogen-bond donors (Lipinski definition) is 2. The first-order valence-electron chi connectivity index (χ1n) is 17.4. The number of benzene rings is 2. The number of likely N-dealkylation sites (N-methyl/N-ethyl adjacent to an activating group) is 1. The highest BCUT2D eigenvalue weighted by Gasteiger charge is 2.41. The molecule has 2 aromatic carbocycles. The van der Waals surface area contributed by atoms with Gasteiger partial charge in [-0.3, -0.25) is 23.7 Å². The van der Waals surface area contributed by atoms with Crippen LogP contribution in [0, 0.1) is 5.41 Å². The number of carbonyl (C=O) groups excluding carboxylic acids is 2. The van der Waals surface area contributed by atoms with E-state index in [1.807, 2.05) is 38.7 Å². The number of carbonyl (C=O) groups is 2. The van der Waals surface area contributed by atoms with Gasteiger partial charge in [0, 0.05) is 41.4 Å². The van der Waals surface area contributed by atoms with Gasteiger partial charge in [0.05, 0.1) is 37.1 Å². The molecule has 2 aromatic rings. The Labute approximate surface area is 368 Å². The van der Waals surface area contributed by atoms with Gasteiger partial charge >= 0.3 is 5.97 Å². The minimum absolute atomic E-state index is 0.0885. The van der Waals surface area contributed by atoms with Gasteiger partial charge in [-0.05, 0) is 60.9 Å². The van der Waals surface area contributed by atoms with Crippen molar-refractivity contribution in [3.8, 4) is 5.75 Å². The van der Waals surface area contributed by atoms with E-state index in [-0.39, 0.29) is 54.3 Å². The molecule has 0 spiro atoms. The zero-order chi connectivity index (χ0) is 44.4. The molecule has 0 unspecified atom stereocenters. The van der Waals surface area contributed by atoms with Crippen LogP contribution in [0.5, 0.6) is 5.75 Å². The number of amides is 1. The second-order valence-corrected chi connectivity index (χ2v) is 19.1. The minimum atomic E-state index is -4.49. The van der Waals surface area contributed by atoms with Gasteiger partial charge in [0.15, 0.2) is 12.4 Å². The number of anilines is 1. The molecule has 13 nitrogen and oxygen atoms in total. The molecule has 2 heterocycles. The Morgan fingerprint density at radius 2 is 1.54 bits per heavy atom. The molecule has 0 aliphatic carbocycles. The summed E-state index contributed by atoms with van der Waals surface area (Å²) in [5.41, 5.74) is 2.41. The first kappa shape index (κ1) is 48.2. The molecule has 59 heavy (non-hydrogen) atoms. The zero-order valence-corrected chi connectivity index (χ0v) is 37.9. The predicted molar refractivity (Wildman–Crippen MR) is 232 cm³/mol. The Kier molecular flexibility index (Phi) is 15.2. The van der Waals surface area contributed by atoms with Crippen molar-refractivity contribution in [1.29, 1.82) is 0 Å². The van der Waals surface area contributed by atoms with E-state index in [0.717, 1.165) is 10.8 Å². The summed E-state index contributed by atoms with van der Waals surface area (Å²) in [5.74, 6) is -2.36. The van der Waals surface area contributed by atoms with Gasteiger partial charge in [-0.15, -0.1) is 0 Å². The molecule has 4 rings (SSSR count). The van der Waals surface area contributed by atoms with Crippen LogP contribution in [-0.2, 0) is 40.1 Å². The molecule has 0 saturated heterocycles. The standard InChI is InChI=1S/C39H40Cl5N3O10S2/c1-8-23(37(49)46(7)56-21-30(48)57-36-34(43)32(41)31(40)33(42)35(36)44)19-25-22(2)45-28(38(25,3)4)13-10-9-11-14-29-39(5,6)26-20-24(59(53,54)55)15-16-27(26)47(29)17-12-18-58(50,51)52/h8-11,13-16,19-20H,2,12,17-18,21H2,1,3-7H3,(H,50,51,52)(H,53,54,55)/b11-9+,13-10+,23-8+,25-19+,29-14+. The van der Waals surface area contributed by atoms with Crippen molar-refractivity contribution in [2.24, 2.45) is 10.4 Å². The Morgan fingerprint density at radius 3 is 2.12 bits per heavy atom. The third kappa shape index (κ3) is 10.9. The number of nitrogens with zero attached hydrogens (tertiary/aromatic N) is 3.